The van der Waals surface area contributed by atoms with Gasteiger partial charge in [-0.25, -0.2) is 13.4 Å². The molecule has 1 aliphatic rings. The summed E-state index contributed by atoms with van der Waals surface area (Å²) in [5.74, 6) is 0.328. The van der Waals surface area contributed by atoms with E-state index in [9.17, 15) is 13.2 Å². The SMILES string of the molecule is CN(C)c1ccc(NC(=O)c2cc(S(=O)(=O)N3CCOCC3)c[nH]2)cn1. The summed E-state index contributed by atoms with van der Waals surface area (Å²) in [5, 5.41) is 2.69. The normalized spacial score (nSPS) is 15.6. The van der Waals surface area contributed by atoms with Gasteiger partial charge in [-0.3, -0.25) is 4.79 Å². The number of pyridine rings is 1. The zero-order valence-corrected chi connectivity index (χ0v) is 15.4. The molecule has 10 heteroatoms. The van der Waals surface area contributed by atoms with Crippen LogP contribution in [0.4, 0.5) is 11.5 Å². The molecule has 3 heterocycles. The zero-order valence-electron chi connectivity index (χ0n) is 14.6. The van der Waals surface area contributed by atoms with Crippen LogP contribution in [0.15, 0.2) is 35.5 Å². The predicted octanol–water partition coefficient (Wildman–Crippen LogP) is 0.749. The van der Waals surface area contributed by atoms with Gasteiger partial charge in [0.05, 0.1) is 25.1 Å². The zero-order chi connectivity index (χ0) is 18.7. The molecule has 0 radical (unpaired) electrons. The van der Waals surface area contributed by atoms with Gasteiger partial charge < -0.3 is 19.9 Å². The van der Waals surface area contributed by atoms with Crippen molar-refractivity contribution in [1.29, 1.82) is 0 Å². The second-order valence-electron chi connectivity index (χ2n) is 6.02. The lowest BCUT2D eigenvalue weighted by Gasteiger charge is -2.25. The molecule has 1 saturated heterocycles. The fourth-order valence-corrected chi connectivity index (χ4v) is 3.92. The Morgan fingerprint density at radius 3 is 2.65 bits per heavy atom. The number of hydrogen-bond acceptors (Lipinski definition) is 6. The first-order valence-corrected chi connectivity index (χ1v) is 9.53. The first-order chi connectivity index (χ1) is 12.4. The van der Waals surface area contributed by atoms with Crippen molar-refractivity contribution in [2.75, 3.05) is 50.6 Å². The van der Waals surface area contributed by atoms with Gasteiger partial charge in [-0.2, -0.15) is 4.31 Å². The van der Waals surface area contributed by atoms with Crippen LogP contribution in [-0.4, -0.2) is 69.0 Å². The molecule has 0 aromatic carbocycles. The van der Waals surface area contributed by atoms with E-state index in [1.54, 1.807) is 18.3 Å². The van der Waals surface area contributed by atoms with Crippen molar-refractivity contribution >= 4 is 27.4 Å². The Morgan fingerprint density at radius 1 is 1.31 bits per heavy atom. The molecule has 1 amide bonds. The first-order valence-electron chi connectivity index (χ1n) is 8.09. The van der Waals surface area contributed by atoms with Gasteiger partial charge in [-0.15, -0.1) is 0 Å². The molecule has 2 N–H and O–H groups in total. The quantitative estimate of drug-likeness (QED) is 0.794. The summed E-state index contributed by atoms with van der Waals surface area (Å²) in [6, 6.07) is 4.84. The molecule has 1 fully saturated rings. The molecule has 26 heavy (non-hydrogen) atoms. The minimum absolute atomic E-state index is 0.0608. The smallest absolute Gasteiger partial charge is 0.272 e. The van der Waals surface area contributed by atoms with E-state index in [0.717, 1.165) is 5.82 Å². The topological polar surface area (TPSA) is 108 Å². The van der Waals surface area contributed by atoms with E-state index in [1.165, 1.54) is 16.6 Å². The number of carbonyl (C=O) groups excluding carboxylic acids is 1. The number of nitrogens with one attached hydrogen (secondary N) is 2. The molecular weight excluding hydrogens is 358 g/mol. The highest BCUT2D eigenvalue weighted by molar-refractivity contribution is 7.89. The predicted molar refractivity (Wildman–Crippen MR) is 96.9 cm³/mol. The van der Waals surface area contributed by atoms with E-state index in [1.807, 2.05) is 19.0 Å². The largest absolute Gasteiger partial charge is 0.379 e. The third kappa shape index (κ3) is 3.87. The van der Waals surface area contributed by atoms with Gasteiger partial charge in [0, 0.05) is 33.4 Å². The van der Waals surface area contributed by atoms with Gasteiger partial charge in [-0.1, -0.05) is 0 Å². The van der Waals surface area contributed by atoms with Crippen molar-refractivity contribution in [2.24, 2.45) is 0 Å². The van der Waals surface area contributed by atoms with Crippen molar-refractivity contribution in [3.05, 3.63) is 36.3 Å². The molecule has 3 rings (SSSR count). The average molecular weight is 379 g/mol. The molecule has 0 aliphatic carbocycles. The van der Waals surface area contributed by atoms with Gasteiger partial charge >= 0.3 is 0 Å². The number of ether oxygens (including phenoxy) is 1. The summed E-state index contributed by atoms with van der Waals surface area (Å²) in [6.45, 7) is 1.34. The maximum absolute atomic E-state index is 12.6. The lowest BCUT2D eigenvalue weighted by atomic mass is 10.3. The fourth-order valence-electron chi connectivity index (χ4n) is 2.51. The van der Waals surface area contributed by atoms with Gasteiger partial charge in [0.25, 0.3) is 5.91 Å². The molecule has 1 aliphatic heterocycles. The lowest BCUT2D eigenvalue weighted by molar-refractivity contribution is 0.0730. The van der Waals surface area contributed by atoms with Gasteiger partial charge in [-0.05, 0) is 18.2 Å². The van der Waals surface area contributed by atoms with E-state index in [4.69, 9.17) is 4.74 Å². The van der Waals surface area contributed by atoms with Crippen LogP contribution in [0.1, 0.15) is 10.5 Å². The van der Waals surface area contributed by atoms with Crippen molar-refractivity contribution in [3.63, 3.8) is 0 Å². The van der Waals surface area contributed by atoms with Gasteiger partial charge in [0.2, 0.25) is 10.0 Å². The van der Waals surface area contributed by atoms with E-state index >= 15 is 0 Å². The molecule has 9 nitrogen and oxygen atoms in total. The van der Waals surface area contributed by atoms with Crippen LogP contribution in [0.3, 0.4) is 0 Å². The van der Waals surface area contributed by atoms with E-state index < -0.39 is 15.9 Å². The maximum atomic E-state index is 12.6. The molecule has 2 aromatic heterocycles. The number of nitrogens with zero attached hydrogens (tertiary/aromatic N) is 3. The van der Waals surface area contributed by atoms with Crippen molar-refractivity contribution < 1.29 is 17.9 Å². The first kappa shape index (κ1) is 18.4. The van der Waals surface area contributed by atoms with Crippen LogP contribution >= 0.6 is 0 Å². The summed E-state index contributed by atoms with van der Waals surface area (Å²) < 4.78 is 31.7. The van der Waals surface area contributed by atoms with Crippen molar-refractivity contribution in [1.82, 2.24) is 14.3 Å². The number of hydrogen-bond donors (Lipinski definition) is 2. The van der Waals surface area contributed by atoms with E-state index in [2.05, 4.69) is 15.3 Å². The lowest BCUT2D eigenvalue weighted by Crippen LogP contribution is -2.40. The van der Waals surface area contributed by atoms with E-state index in [0.29, 0.717) is 32.0 Å². The van der Waals surface area contributed by atoms with Crippen LogP contribution < -0.4 is 10.2 Å². The number of sulfonamides is 1. The number of anilines is 2. The Labute approximate surface area is 152 Å². The molecule has 0 spiro atoms. The highest BCUT2D eigenvalue weighted by atomic mass is 32.2. The third-order valence-electron chi connectivity index (χ3n) is 3.97. The van der Waals surface area contributed by atoms with Crippen LogP contribution in [0, 0.1) is 0 Å². The number of aromatic amines is 1. The Morgan fingerprint density at radius 2 is 2.04 bits per heavy atom. The van der Waals surface area contributed by atoms with Gasteiger partial charge in [0.15, 0.2) is 0 Å². The maximum Gasteiger partial charge on any atom is 0.272 e. The third-order valence-corrected chi connectivity index (χ3v) is 5.85. The summed E-state index contributed by atoms with van der Waals surface area (Å²) in [7, 11) is 0.103. The Kier molecular flexibility index (Phi) is 5.25. The molecule has 2 aromatic rings. The minimum Gasteiger partial charge on any atom is -0.379 e. The summed E-state index contributed by atoms with van der Waals surface area (Å²) in [5.41, 5.74) is 0.682. The standard InChI is InChI=1S/C16H21N5O4S/c1-20(2)15-4-3-12(10-18-15)19-16(22)14-9-13(11-17-14)26(23,24)21-5-7-25-8-6-21/h3-4,9-11,17H,5-8H2,1-2H3,(H,19,22). The van der Waals surface area contributed by atoms with Crippen molar-refractivity contribution in [3.8, 4) is 0 Å². The van der Waals surface area contributed by atoms with E-state index in [-0.39, 0.29) is 10.6 Å². The van der Waals surface area contributed by atoms with Gasteiger partial charge in [0.1, 0.15) is 16.4 Å². The number of amides is 1. The number of morpholine rings is 1. The second-order valence-corrected chi connectivity index (χ2v) is 7.96. The van der Waals surface area contributed by atoms with Crippen LogP contribution in [-0.2, 0) is 14.8 Å². The Balaban J connectivity index is 1.71. The second kappa shape index (κ2) is 7.44. The number of aromatic nitrogens is 2. The highest BCUT2D eigenvalue weighted by Crippen LogP contribution is 2.19. The summed E-state index contributed by atoms with van der Waals surface area (Å²) in [6.07, 6.45) is 2.87. The highest BCUT2D eigenvalue weighted by Gasteiger charge is 2.28. The van der Waals surface area contributed by atoms with Crippen LogP contribution in [0.25, 0.3) is 0 Å². The summed E-state index contributed by atoms with van der Waals surface area (Å²) >= 11 is 0. The fraction of sp³-hybridized carbons (Fsp3) is 0.375. The monoisotopic (exact) mass is 379 g/mol. The Bertz CT molecular complexity index is 870. The summed E-state index contributed by atoms with van der Waals surface area (Å²) in [4.78, 5) is 21.2. The number of H-pyrrole nitrogens is 1. The molecule has 0 atom stereocenters. The molecule has 0 bridgehead atoms. The molecule has 140 valence electrons. The van der Waals surface area contributed by atoms with Crippen LogP contribution in [0.5, 0.6) is 0 Å². The molecule has 0 unspecified atom stereocenters. The number of carbonyl (C=O) groups is 1. The molecular formula is C16H21N5O4S. The average Bonchev–Trinajstić information content (AvgIpc) is 3.14. The van der Waals surface area contributed by atoms with Crippen molar-refractivity contribution in [2.45, 2.75) is 4.90 Å². The Hall–Kier alpha value is -2.43. The number of rotatable bonds is 5. The molecule has 0 saturated carbocycles. The minimum atomic E-state index is -3.64. The van der Waals surface area contributed by atoms with Crippen LogP contribution in [0.2, 0.25) is 0 Å².